The Hall–Kier alpha value is -0.610. The molecule has 0 aromatic rings. The van der Waals surface area contributed by atoms with E-state index >= 15 is 0 Å². The molecule has 0 saturated heterocycles. The third-order valence-corrected chi connectivity index (χ3v) is 1.54. The van der Waals surface area contributed by atoms with Crippen molar-refractivity contribution in [3.63, 3.8) is 0 Å². The van der Waals surface area contributed by atoms with Crippen LogP contribution < -0.4 is 5.32 Å². The topological polar surface area (TPSA) is 47.6 Å². The minimum atomic E-state index is -0.148. The molecule has 0 heterocycles. The van der Waals surface area contributed by atoms with E-state index in [4.69, 9.17) is 9.47 Å². The first-order valence-corrected chi connectivity index (χ1v) is 5.14. The number of carbonyl (C=O) groups excluding carboxylic acids is 1. The number of ether oxygens (including phenoxy) is 2. The Morgan fingerprint density at radius 3 is 2.64 bits per heavy atom. The zero-order valence-electron chi connectivity index (χ0n) is 9.34. The van der Waals surface area contributed by atoms with Gasteiger partial charge in [-0.25, -0.2) is 0 Å². The van der Waals surface area contributed by atoms with Crippen molar-refractivity contribution in [3.8, 4) is 0 Å². The molecule has 0 rings (SSSR count). The number of nitrogens with one attached hydrogen (secondary N) is 1. The number of hydrogen-bond acceptors (Lipinski definition) is 4. The summed E-state index contributed by atoms with van der Waals surface area (Å²) in [5.41, 5.74) is 0. The first kappa shape index (κ1) is 13.4. The highest BCUT2D eigenvalue weighted by Gasteiger charge is 1.99. The van der Waals surface area contributed by atoms with Crippen LogP contribution in [0.25, 0.3) is 0 Å². The fraction of sp³-hybridized carbons (Fsp3) is 0.900. The van der Waals surface area contributed by atoms with E-state index in [0.717, 1.165) is 6.54 Å². The Morgan fingerprint density at radius 1 is 1.36 bits per heavy atom. The maximum absolute atomic E-state index is 10.9. The summed E-state index contributed by atoms with van der Waals surface area (Å²) in [6, 6.07) is 0. The minimum absolute atomic E-state index is 0.148. The summed E-state index contributed by atoms with van der Waals surface area (Å²) in [6.45, 7) is 8.37. The van der Waals surface area contributed by atoms with Crippen molar-refractivity contribution in [1.82, 2.24) is 5.32 Å². The summed E-state index contributed by atoms with van der Waals surface area (Å²) in [5, 5.41) is 3.10. The Labute approximate surface area is 86.0 Å². The Bertz CT molecular complexity index is 148. The van der Waals surface area contributed by atoms with Crippen molar-refractivity contribution < 1.29 is 14.3 Å². The van der Waals surface area contributed by atoms with Crippen LogP contribution in [0.2, 0.25) is 0 Å². The molecule has 4 nitrogen and oxygen atoms in total. The van der Waals surface area contributed by atoms with Crippen molar-refractivity contribution in [2.45, 2.75) is 33.3 Å². The van der Waals surface area contributed by atoms with Crippen molar-refractivity contribution in [1.29, 1.82) is 0 Å². The van der Waals surface area contributed by atoms with Crippen LogP contribution in [0.4, 0.5) is 0 Å². The van der Waals surface area contributed by atoms with Gasteiger partial charge in [-0.2, -0.15) is 0 Å². The highest BCUT2D eigenvalue weighted by Crippen LogP contribution is 1.86. The van der Waals surface area contributed by atoms with Crippen LogP contribution in [0.5, 0.6) is 0 Å². The molecule has 4 heteroatoms. The fourth-order valence-electron chi connectivity index (χ4n) is 0.915. The normalized spacial score (nSPS) is 10.6. The van der Waals surface area contributed by atoms with Gasteiger partial charge in [0.05, 0.1) is 25.7 Å². The van der Waals surface area contributed by atoms with E-state index in [0.29, 0.717) is 26.2 Å². The molecule has 0 radical (unpaired) electrons. The lowest BCUT2D eigenvalue weighted by Crippen LogP contribution is -2.24. The average molecular weight is 203 g/mol. The van der Waals surface area contributed by atoms with E-state index in [1.807, 2.05) is 20.8 Å². The Balaban J connectivity index is 3.09. The molecule has 0 unspecified atom stereocenters. The van der Waals surface area contributed by atoms with Crippen molar-refractivity contribution in [2.75, 3.05) is 26.3 Å². The second-order valence-electron chi connectivity index (χ2n) is 3.22. The van der Waals surface area contributed by atoms with Crippen LogP contribution in [-0.2, 0) is 14.3 Å². The van der Waals surface area contributed by atoms with Gasteiger partial charge in [0.25, 0.3) is 0 Å². The summed E-state index contributed by atoms with van der Waals surface area (Å²) >= 11 is 0. The van der Waals surface area contributed by atoms with Crippen LogP contribution in [0.15, 0.2) is 0 Å². The quantitative estimate of drug-likeness (QED) is 0.471. The smallest absolute Gasteiger partial charge is 0.307 e. The first-order valence-electron chi connectivity index (χ1n) is 5.14. The van der Waals surface area contributed by atoms with Crippen LogP contribution in [0.1, 0.15) is 27.2 Å². The van der Waals surface area contributed by atoms with Gasteiger partial charge < -0.3 is 14.8 Å². The highest BCUT2D eigenvalue weighted by molar-refractivity contribution is 5.69. The van der Waals surface area contributed by atoms with E-state index in [-0.39, 0.29) is 12.1 Å². The summed E-state index contributed by atoms with van der Waals surface area (Å²) in [5.74, 6) is -0.148. The van der Waals surface area contributed by atoms with Gasteiger partial charge in [-0.3, -0.25) is 4.79 Å². The van der Waals surface area contributed by atoms with E-state index in [9.17, 15) is 4.79 Å². The molecule has 0 aliphatic heterocycles. The lowest BCUT2D eigenvalue weighted by Gasteiger charge is -2.08. The van der Waals surface area contributed by atoms with Gasteiger partial charge in [-0.15, -0.1) is 0 Å². The monoisotopic (exact) mass is 203 g/mol. The van der Waals surface area contributed by atoms with Gasteiger partial charge in [0.1, 0.15) is 0 Å². The molecular formula is C10H21NO3. The SMILES string of the molecule is CCOC(=O)CCNCCOC(C)C. The second kappa shape index (κ2) is 8.97. The van der Waals surface area contributed by atoms with E-state index in [1.54, 1.807) is 0 Å². The largest absolute Gasteiger partial charge is 0.466 e. The highest BCUT2D eigenvalue weighted by atomic mass is 16.5. The first-order chi connectivity index (χ1) is 6.66. The zero-order valence-corrected chi connectivity index (χ0v) is 9.34. The Kier molecular flexibility index (Phi) is 8.57. The molecule has 0 aromatic heterocycles. The van der Waals surface area contributed by atoms with Gasteiger partial charge in [0.15, 0.2) is 0 Å². The fourth-order valence-corrected chi connectivity index (χ4v) is 0.915. The lowest BCUT2D eigenvalue weighted by atomic mass is 10.4. The van der Waals surface area contributed by atoms with Crippen LogP contribution in [0.3, 0.4) is 0 Å². The number of hydrogen-bond donors (Lipinski definition) is 1. The predicted octanol–water partition coefficient (Wildman–Crippen LogP) is 0.954. The number of esters is 1. The summed E-state index contributed by atoms with van der Waals surface area (Å²) in [6.07, 6.45) is 0.692. The van der Waals surface area contributed by atoms with Gasteiger partial charge in [-0.05, 0) is 20.8 Å². The van der Waals surface area contributed by atoms with E-state index in [2.05, 4.69) is 5.32 Å². The molecule has 0 aliphatic carbocycles. The standard InChI is InChI=1S/C10H21NO3/c1-4-13-10(12)5-6-11-7-8-14-9(2)3/h9,11H,4-8H2,1-3H3. The zero-order chi connectivity index (χ0) is 10.8. The summed E-state index contributed by atoms with van der Waals surface area (Å²) in [7, 11) is 0. The van der Waals surface area contributed by atoms with Crippen molar-refractivity contribution >= 4 is 5.97 Å². The Morgan fingerprint density at radius 2 is 2.07 bits per heavy atom. The van der Waals surface area contributed by atoms with Crippen molar-refractivity contribution in [3.05, 3.63) is 0 Å². The second-order valence-corrected chi connectivity index (χ2v) is 3.22. The maximum Gasteiger partial charge on any atom is 0.307 e. The molecule has 0 aromatic carbocycles. The third-order valence-electron chi connectivity index (χ3n) is 1.54. The third kappa shape index (κ3) is 9.48. The lowest BCUT2D eigenvalue weighted by molar-refractivity contribution is -0.142. The minimum Gasteiger partial charge on any atom is -0.466 e. The van der Waals surface area contributed by atoms with Crippen LogP contribution >= 0.6 is 0 Å². The molecule has 0 fully saturated rings. The van der Waals surface area contributed by atoms with Crippen LogP contribution in [-0.4, -0.2) is 38.4 Å². The molecular weight excluding hydrogens is 182 g/mol. The van der Waals surface area contributed by atoms with Gasteiger partial charge in [0.2, 0.25) is 0 Å². The summed E-state index contributed by atoms with van der Waals surface area (Å²) in [4.78, 5) is 10.9. The predicted molar refractivity (Wildman–Crippen MR) is 55.2 cm³/mol. The molecule has 0 amide bonds. The van der Waals surface area contributed by atoms with Crippen molar-refractivity contribution in [2.24, 2.45) is 0 Å². The van der Waals surface area contributed by atoms with E-state index in [1.165, 1.54) is 0 Å². The molecule has 0 spiro atoms. The van der Waals surface area contributed by atoms with Crippen LogP contribution in [0, 0.1) is 0 Å². The number of rotatable bonds is 8. The maximum atomic E-state index is 10.9. The molecule has 0 atom stereocenters. The van der Waals surface area contributed by atoms with Gasteiger partial charge >= 0.3 is 5.97 Å². The molecule has 84 valence electrons. The molecule has 1 N–H and O–H groups in total. The molecule has 0 bridgehead atoms. The average Bonchev–Trinajstić information content (AvgIpc) is 2.11. The molecule has 14 heavy (non-hydrogen) atoms. The number of carbonyl (C=O) groups is 1. The van der Waals surface area contributed by atoms with Gasteiger partial charge in [0, 0.05) is 13.1 Å². The van der Waals surface area contributed by atoms with E-state index < -0.39 is 0 Å². The van der Waals surface area contributed by atoms with Gasteiger partial charge in [-0.1, -0.05) is 0 Å². The summed E-state index contributed by atoms with van der Waals surface area (Å²) < 4.78 is 10.1. The molecule has 0 saturated carbocycles. The molecule has 0 aliphatic rings.